The highest BCUT2D eigenvalue weighted by molar-refractivity contribution is 6.45. The van der Waals surface area contributed by atoms with Crippen molar-refractivity contribution in [1.82, 2.24) is 14.9 Å². The van der Waals surface area contributed by atoms with Gasteiger partial charge in [-0.05, 0) is 36.1 Å². The fraction of sp³-hybridized carbons (Fsp3) is 0.167. The largest absolute Gasteiger partial charge is 0.494 e. The van der Waals surface area contributed by atoms with Crippen LogP contribution in [0.4, 0.5) is 0 Å². The van der Waals surface area contributed by atoms with E-state index in [2.05, 4.69) is 16.0 Å². The van der Waals surface area contributed by atoms with Crippen molar-refractivity contribution in [2.75, 3.05) is 20.2 Å². The maximum atomic E-state index is 13.4. The van der Waals surface area contributed by atoms with E-state index in [0.29, 0.717) is 65.0 Å². The second kappa shape index (κ2) is 10.6. The number of carbonyl (C=O) groups is 3. The van der Waals surface area contributed by atoms with Crippen LogP contribution < -0.4 is 10.5 Å². The Labute approximate surface area is 224 Å². The Morgan fingerprint density at radius 1 is 1.03 bits per heavy atom. The van der Waals surface area contributed by atoms with E-state index in [0.717, 1.165) is 11.1 Å². The van der Waals surface area contributed by atoms with Crippen LogP contribution in [0.15, 0.2) is 72.6 Å². The molecule has 2 aromatic carbocycles. The first-order valence-electron chi connectivity index (χ1n) is 12.4. The molecule has 0 aliphatic carbocycles. The van der Waals surface area contributed by atoms with Gasteiger partial charge in [0.25, 0.3) is 11.7 Å². The van der Waals surface area contributed by atoms with Gasteiger partial charge in [-0.2, -0.15) is 5.26 Å². The molecule has 3 N–H and O–H groups in total. The summed E-state index contributed by atoms with van der Waals surface area (Å²) in [6, 6.07) is 18.4. The lowest BCUT2D eigenvalue weighted by Gasteiger charge is -2.28. The van der Waals surface area contributed by atoms with Crippen LogP contribution in [0.1, 0.15) is 39.1 Å². The van der Waals surface area contributed by atoms with Gasteiger partial charge in [0.05, 0.1) is 47.1 Å². The molecule has 0 atom stereocenters. The molecule has 5 rings (SSSR count). The molecule has 1 aliphatic rings. The zero-order valence-corrected chi connectivity index (χ0v) is 21.2. The van der Waals surface area contributed by atoms with E-state index in [1.807, 2.05) is 30.3 Å². The fourth-order valence-electron chi connectivity index (χ4n) is 4.90. The zero-order chi connectivity index (χ0) is 27.5. The Morgan fingerprint density at radius 2 is 1.72 bits per heavy atom. The molecular formula is C30H25N5O4. The van der Waals surface area contributed by atoms with Crippen molar-refractivity contribution in [3.63, 3.8) is 0 Å². The Bertz CT molecular complexity index is 1650. The molecule has 4 aromatic rings. The van der Waals surface area contributed by atoms with Crippen LogP contribution in [0.3, 0.4) is 0 Å². The fourth-order valence-corrected chi connectivity index (χ4v) is 4.90. The highest BCUT2D eigenvalue weighted by atomic mass is 16.5. The smallest absolute Gasteiger partial charge is 0.295 e. The number of ketones is 1. The van der Waals surface area contributed by atoms with Gasteiger partial charge >= 0.3 is 0 Å². The van der Waals surface area contributed by atoms with Gasteiger partial charge in [0.15, 0.2) is 0 Å². The normalized spacial score (nSPS) is 13.1. The number of pyridine rings is 1. The summed E-state index contributed by atoms with van der Waals surface area (Å²) >= 11 is 0. The van der Waals surface area contributed by atoms with Crippen LogP contribution in [-0.4, -0.2) is 52.7 Å². The number of nitriles is 1. The van der Waals surface area contributed by atoms with Gasteiger partial charge in [-0.1, -0.05) is 42.5 Å². The number of fused-ring (bicyclic) bond motifs is 1. The lowest BCUT2D eigenvalue weighted by Crippen LogP contribution is -2.40. The molecule has 0 radical (unpaired) electrons. The average molecular weight is 520 g/mol. The Morgan fingerprint density at radius 3 is 2.33 bits per heavy atom. The molecule has 1 saturated heterocycles. The van der Waals surface area contributed by atoms with Crippen molar-refractivity contribution >= 4 is 34.1 Å². The highest BCUT2D eigenvalue weighted by Gasteiger charge is 2.30. The number of allylic oxidation sites excluding steroid dienone is 1. The third kappa shape index (κ3) is 4.76. The maximum Gasteiger partial charge on any atom is 0.295 e. The molecular weight excluding hydrogens is 494 g/mol. The van der Waals surface area contributed by atoms with Crippen LogP contribution in [0, 0.1) is 11.3 Å². The molecule has 1 fully saturated rings. The second-order valence-electron chi connectivity index (χ2n) is 9.15. The summed E-state index contributed by atoms with van der Waals surface area (Å²) in [5.74, 6) is -1.45. The van der Waals surface area contributed by atoms with Crippen LogP contribution in [-0.2, 0) is 4.79 Å². The van der Waals surface area contributed by atoms with Crippen molar-refractivity contribution in [2.24, 2.45) is 5.73 Å². The number of likely N-dealkylation sites (tertiary alicyclic amines) is 1. The van der Waals surface area contributed by atoms with Crippen LogP contribution in [0.25, 0.3) is 27.7 Å². The number of benzene rings is 2. The molecule has 0 spiro atoms. The number of methoxy groups -OCH3 is 1. The Kier molecular flexibility index (Phi) is 6.93. The maximum absolute atomic E-state index is 13.4. The van der Waals surface area contributed by atoms with E-state index in [9.17, 15) is 19.6 Å². The molecule has 0 saturated carbocycles. The molecule has 2 amide bonds. The number of nitrogens with one attached hydrogen (secondary N) is 1. The molecule has 0 unspecified atom stereocenters. The van der Waals surface area contributed by atoms with Crippen LogP contribution in [0.2, 0.25) is 0 Å². The minimum Gasteiger partial charge on any atom is -0.494 e. The third-order valence-electron chi connectivity index (χ3n) is 6.96. The molecule has 9 nitrogen and oxygen atoms in total. The number of primary amides is 1. The lowest BCUT2D eigenvalue weighted by atomic mass is 9.93. The summed E-state index contributed by atoms with van der Waals surface area (Å²) < 4.78 is 5.48. The summed E-state index contributed by atoms with van der Waals surface area (Å²) in [4.78, 5) is 47.3. The number of nitrogens with zero attached hydrogens (tertiary/aromatic N) is 3. The number of hydrogen-bond acceptors (Lipinski definition) is 6. The number of Topliss-reactive ketones (excluding diaryl/α,β-unsaturated/α-hetero) is 1. The van der Waals surface area contributed by atoms with Crippen LogP contribution >= 0.6 is 0 Å². The monoisotopic (exact) mass is 519 g/mol. The molecule has 39 heavy (non-hydrogen) atoms. The van der Waals surface area contributed by atoms with Gasteiger partial charge in [0, 0.05) is 30.4 Å². The van der Waals surface area contributed by atoms with E-state index >= 15 is 0 Å². The van der Waals surface area contributed by atoms with Crippen molar-refractivity contribution in [1.29, 1.82) is 5.26 Å². The Hall–Kier alpha value is -5.23. The number of rotatable bonds is 6. The number of hydrogen-bond donors (Lipinski definition) is 2. The van der Waals surface area contributed by atoms with Gasteiger partial charge in [-0.15, -0.1) is 0 Å². The van der Waals surface area contributed by atoms with E-state index in [-0.39, 0.29) is 5.56 Å². The SMILES string of the molecule is COc1cnc(-c2ccc(C(N)=O)cc2)c2[nH]cc(C(=O)C(=O)N3CCC(=C(C#N)c4ccccc4)CC3)c12. The van der Waals surface area contributed by atoms with Crippen molar-refractivity contribution < 1.29 is 19.1 Å². The standard InChI is InChI=1S/C30H25N5O4/c1-39-24-17-34-26(20-7-9-21(10-8-20)29(32)37)27-25(24)23(16-33-27)28(36)30(38)35-13-11-19(12-14-35)22(15-31)18-5-3-2-4-6-18/h2-10,16-17,33H,11-14H2,1H3,(H2,32,37). The number of amides is 2. The number of piperidine rings is 1. The number of H-pyrrole nitrogens is 1. The zero-order valence-electron chi connectivity index (χ0n) is 21.2. The summed E-state index contributed by atoms with van der Waals surface area (Å²) in [6.45, 7) is 0.687. The van der Waals surface area contributed by atoms with E-state index in [4.69, 9.17) is 10.5 Å². The first-order valence-corrected chi connectivity index (χ1v) is 12.4. The highest BCUT2D eigenvalue weighted by Crippen LogP contribution is 2.35. The minimum absolute atomic E-state index is 0.188. The van der Waals surface area contributed by atoms with Crippen molar-refractivity contribution in [2.45, 2.75) is 12.8 Å². The van der Waals surface area contributed by atoms with E-state index in [1.165, 1.54) is 24.4 Å². The molecule has 1 aliphatic heterocycles. The van der Waals surface area contributed by atoms with Gasteiger partial charge in [0.1, 0.15) is 5.75 Å². The quantitative estimate of drug-likeness (QED) is 0.223. The number of nitrogens with two attached hydrogens (primary N) is 1. The first-order chi connectivity index (χ1) is 18.9. The third-order valence-corrected chi connectivity index (χ3v) is 6.96. The number of ether oxygens (including phenoxy) is 1. The van der Waals surface area contributed by atoms with Gasteiger partial charge < -0.3 is 20.4 Å². The predicted molar refractivity (Wildman–Crippen MR) is 146 cm³/mol. The lowest BCUT2D eigenvalue weighted by molar-refractivity contribution is -0.126. The van der Waals surface area contributed by atoms with Crippen LogP contribution in [0.5, 0.6) is 5.75 Å². The number of aromatic amines is 1. The molecule has 9 heteroatoms. The molecule has 2 aromatic heterocycles. The topological polar surface area (TPSA) is 142 Å². The minimum atomic E-state index is -0.656. The summed E-state index contributed by atoms with van der Waals surface area (Å²) in [5.41, 5.74) is 10.1. The molecule has 0 bridgehead atoms. The number of carbonyl (C=O) groups excluding carboxylic acids is 3. The number of aromatic nitrogens is 2. The molecule has 194 valence electrons. The predicted octanol–water partition coefficient (Wildman–Crippen LogP) is 4.12. The van der Waals surface area contributed by atoms with Gasteiger partial charge in [-0.3, -0.25) is 19.4 Å². The van der Waals surface area contributed by atoms with E-state index in [1.54, 1.807) is 24.3 Å². The molecule has 3 heterocycles. The van der Waals surface area contributed by atoms with E-state index < -0.39 is 17.6 Å². The Balaban J connectivity index is 1.41. The van der Waals surface area contributed by atoms with Crippen molar-refractivity contribution in [3.05, 3.63) is 89.3 Å². The summed E-state index contributed by atoms with van der Waals surface area (Å²) in [7, 11) is 1.47. The average Bonchev–Trinajstić information content (AvgIpc) is 3.43. The van der Waals surface area contributed by atoms with Crippen molar-refractivity contribution in [3.8, 4) is 23.1 Å². The first kappa shape index (κ1) is 25.4. The second-order valence-corrected chi connectivity index (χ2v) is 9.15. The summed E-state index contributed by atoms with van der Waals surface area (Å²) in [5, 5.41) is 10.2. The summed E-state index contributed by atoms with van der Waals surface area (Å²) in [6.07, 6.45) is 4.03. The van der Waals surface area contributed by atoms with Gasteiger partial charge in [-0.25, -0.2) is 0 Å². The van der Waals surface area contributed by atoms with Gasteiger partial charge in [0.2, 0.25) is 5.91 Å².